The Bertz CT molecular complexity index is 1150. The highest BCUT2D eigenvalue weighted by Gasteiger charge is 2.76. The highest BCUT2D eigenvalue weighted by atomic mass is 79.9. The van der Waals surface area contributed by atoms with Gasteiger partial charge in [-0.1, -0.05) is 57.9 Å². The molecule has 3 unspecified atom stereocenters. The van der Waals surface area contributed by atoms with Crippen molar-refractivity contribution in [3.05, 3.63) is 65.2 Å². The topological polar surface area (TPSA) is 108 Å². The highest BCUT2D eigenvalue weighted by Crippen LogP contribution is 2.60. The van der Waals surface area contributed by atoms with E-state index in [0.29, 0.717) is 30.1 Å². The first-order valence-corrected chi connectivity index (χ1v) is 13.3. The first-order valence-electron chi connectivity index (χ1n) is 12.0. The minimum Gasteiger partial charge on any atom is -0.396 e. The number of amides is 3. The van der Waals surface area contributed by atoms with E-state index in [1.54, 1.807) is 24.3 Å². The number of anilines is 1. The van der Waals surface area contributed by atoms with Crippen LogP contribution in [0.4, 0.5) is 5.69 Å². The van der Waals surface area contributed by atoms with Crippen molar-refractivity contribution < 1.29 is 24.2 Å². The fourth-order valence-electron chi connectivity index (χ4n) is 5.86. The molecule has 0 aliphatic carbocycles. The lowest BCUT2D eigenvalue weighted by molar-refractivity contribution is -0.141. The number of hydrogen-bond acceptors (Lipinski definition) is 5. The van der Waals surface area contributed by atoms with Gasteiger partial charge in [0.2, 0.25) is 17.7 Å². The molecule has 2 aromatic carbocycles. The third-order valence-electron chi connectivity index (χ3n) is 7.32. The Morgan fingerprint density at radius 2 is 1.86 bits per heavy atom. The van der Waals surface area contributed by atoms with Gasteiger partial charge < -0.3 is 25.4 Å². The maximum Gasteiger partial charge on any atom is 0.250 e. The fraction of sp³-hybridized carbons (Fsp3) is 0.423. The number of aliphatic hydroxyl groups is 1. The molecule has 1 spiro atoms. The minimum atomic E-state index is -1.14. The van der Waals surface area contributed by atoms with Crippen LogP contribution in [0.5, 0.6) is 0 Å². The predicted octanol–water partition coefficient (Wildman–Crippen LogP) is 2.73. The van der Waals surface area contributed by atoms with Crippen LogP contribution < -0.4 is 10.6 Å². The van der Waals surface area contributed by atoms with E-state index in [-0.39, 0.29) is 29.8 Å². The summed E-state index contributed by atoms with van der Waals surface area (Å²) in [6.45, 7) is 0.391. The molecule has 3 saturated heterocycles. The van der Waals surface area contributed by atoms with Crippen molar-refractivity contribution in [1.82, 2.24) is 10.2 Å². The molecule has 36 heavy (non-hydrogen) atoms. The van der Waals surface area contributed by atoms with Crippen LogP contribution in [0.15, 0.2) is 54.6 Å². The maximum absolute atomic E-state index is 13.8. The summed E-state index contributed by atoms with van der Waals surface area (Å²) in [7, 11) is 0. The summed E-state index contributed by atoms with van der Waals surface area (Å²) in [5.41, 5.74) is 0.345. The molecule has 3 fully saturated rings. The van der Waals surface area contributed by atoms with E-state index in [1.807, 2.05) is 30.3 Å². The smallest absolute Gasteiger partial charge is 0.250 e. The molecule has 190 valence electrons. The van der Waals surface area contributed by atoms with Gasteiger partial charge in [-0.15, -0.1) is 0 Å². The summed E-state index contributed by atoms with van der Waals surface area (Å²) in [6, 6.07) is 15.3. The van der Waals surface area contributed by atoms with Gasteiger partial charge in [-0.2, -0.15) is 0 Å². The van der Waals surface area contributed by atoms with Crippen LogP contribution >= 0.6 is 27.5 Å². The zero-order valence-electron chi connectivity index (χ0n) is 19.4. The number of ether oxygens (including phenoxy) is 1. The van der Waals surface area contributed by atoms with Gasteiger partial charge in [-0.3, -0.25) is 14.4 Å². The largest absolute Gasteiger partial charge is 0.396 e. The zero-order valence-corrected chi connectivity index (χ0v) is 21.7. The van der Waals surface area contributed by atoms with Crippen LogP contribution in [0.3, 0.4) is 0 Å². The summed E-state index contributed by atoms with van der Waals surface area (Å²) in [4.78, 5) is 42.1. The Balaban J connectivity index is 1.43. The van der Waals surface area contributed by atoms with Gasteiger partial charge in [-0.05, 0) is 42.7 Å². The molecular weight excluding hydrogens is 550 g/mol. The number of likely N-dealkylation sites (tertiary alicyclic amines) is 1. The quantitative estimate of drug-likeness (QED) is 0.419. The molecule has 10 heteroatoms. The summed E-state index contributed by atoms with van der Waals surface area (Å²) in [5, 5.41) is 15.8. The Hall–Kier alpha value is -2.46. The molecule has 8 nitrogen and oxygen atoms in total. The lowest BCUT2D eigenvalue weighted by Crippen LogP contribution is -2.54. The van der Waals surface area contributed by atoms with E-state index in [0.717, 1.165) is 5.56 Å². The lowest BCUT2D eigenvalue weighted by Gasteiger charge is -2.34. The molecule has 0 saturated carbocycles. The number of carbonyl (C=O) groups is 3. The van der Waals surface area contributed by atoms with E-state index in [2.05, 4.69) is 26.6 Å². The average molecular weight is 577 g/mol. The van der Waals surface area contributed by atoms with Gasteiger partial charge in [0.05, 0.1) is 17.9 Å². The molecule has 0 radical (unpaired) electrons. The van der Waals surface area contributed by atoms with Crippen molar-refractivity contribution in [1.29, 1.82) is 0 Å². The second kappa shape index (κ2) is 10.1. The third-order valence-corrected chi connectivity index (χ3v) is 8.42. The Labute approximate surface area is 222 Å². The van der Waals surface area contributed by atoms with Gasteiger partial charge in [0.15, 0.2) is 0 Å². The Morgan fingerprint density at radius 1 is 1.14 bits per heavy atom. The van der Waals surface area contributed by atoms with Gasteiger partial charge in [-0.25, -0.2) is 0 Å². The molecule has 2 bridgehead atoms. The van der Waals surface area contributed by atoms with E-state index < -0.39 is 35.5 Å². The van der Waals surface area contributed by atoms with Crippen molar-refractivity contribution in [3.63, 3.8) is 0 Å². The van der Waals surface area contributed by atoms with Gasteiger partial charge >= 0.3 is 0 Å². The number of alkyl halides is 1. The van der Waals surface area contributed by atoms with Gasteiger partial charge in [0, 0.05) is 35.2 Å². The van der Waals surface area contributed by atoms with Crippen LogP contribution in [-0.2, 0) is 25.7 Å². The van der Waals surface area contributed by atoms with E-state index in [4.69, 9.17) is 16.3 Å². The number of nitrogens with zero attached hydrogens (tertiary/aromatic N) is 1. The summed E-state index contributed by atoms with van der Waals surface area (Å²) in [6.07, 6.45) is 0.205. The number of rotatable bonds is 8. The Kier molecular flexibility index (Phi) is 7.09. The fourth-order valence-corrected chi connectivity index (χ4v) is 6.93. The molecule has 6 atom stereocenters. The van der Waals surface area contributed by atoms with Crippen molar-refractivity contribution >= 4 is 50.9 Å². The third kappa shape index (κ3) is 4.32. The molecule has 3 N–H and O–H groups in total. The SMILES string of the molecule is O=C(Nc1ccc(Cl)cc1)C1N(CCCO)C(=O)[C@@H]2[C@@H](C(=O)NCc3ccccc3)[C@@H]3OC12CC3Br. The van der Waals surface area contributed by atoms with E-state index in [1.165, 1.54) is 4.90 Å². The van der Waals surface area contributed by atoms with Crippen molar-refractivity contribution in [2.45, 2.75) is 42.0 Å². The number of hydrogen-bond donors (Lipinski definition) is 3. The van der Waals surface area contributed by atoms with Crippen molar-refractivity contribution in [2.75, 3.05) is 18.5 Å². The standard InChI is InChI=1S/C26H27BrClN3O5/c27-18-13-26-20(19(21(18)36-26)23(33)29-14-15-5-2-1-3-6-15)25(35)31(11-4-12-32)22(26)24(34)30-17-9-7-16(28)8-10-17/h1-3,5-10,18-22,32H,4,11-14H2,(H,29,33)(H,30,34)/t18?,19-,20+,21-,22?,26?/m1/s1. The van der Waals surface area contributed by atoms with E-state index >= 15 is 0 Å². The maximum atomic E-state index is 13.8. The van der Waals surface area contributed by atoms with Crippen LogP contribution in [-0.4, -0.2) is 63.5 Å². The zero-order chi connectivity index (χ0) is 25.4. The molecule has 3 aliphatic heterocycles. The minimum absolute atomic E-state index is 0.126. The molecule has 0 aromatic heterocycles. The first-order chi connectivity index (χ1) is 17.4. The number of aliphatic hydroxyl groups excluding tert-OH is 1. The molecule has 3 aliphatic rings. The van der Waals surface area contributed by atoms with E-state index in [9.17, 15) is 19.5 Å². The average Bonchev–Trinajstić information content (AvgIpc) is 3.46. The number of benzene rings is 2. The molecule has 3 amide bonds. The summed E-state index contributed by atoms with van der Waals surface area (Å²) >= 11 is 9.63. The van der Waals surface area contributed by atoms with Gasteiger partial charge in [0.1, 0.15) is 11.6 Å². The lowest BCUT2D eigenvalue weighted by atomic mass is 9.70. The Morgan fingerprint density at radius 3 is 2.56 bits per heavy atom. The first kappa shape index (κ1) is 25.2. The van der Waals surface area contributed by atoms with Crippen LogP contribution in [0.25, 0.3) is 0 Å². The number of fused-ring (bicyclic) bond motifs is 1. The van der Waals surface area contributed by atoms with Gasteiger partial charge in [0.25, 0.3) is 0 Å². The van der Waals surface area contributed by atoms with Crippen LogP contribution in [0.1, 0.15) is 18.4 Å². The second-order valence-electron chi connectivity index (χ2n) is 9.47. The predicted molar refractivity (Wildman–Crippen MR) is 137 cm³/mol. The normalized spacial score (nSPS) is 30.4. The van der Waals surface area contributed by atoms with Crippen molar-refractivity contribution in [2.24, 2.45) is 11.8 Å². The molecule has 5 rings (SSSR count). The molecule has 3 heterocycles. The molecular formula is C26H27BrClN3O5. The summed E-state index contributed by atoms with van der Waals surface area (Å²) in [5.74, 6) is -2.47. The van der Waals surface area contributed by atoms with Crippen LogP contribution in [0, 0.1) is 11.8 Å². The second-order valence-corrected chi connectivity index (χ2v) is 11.1. The highest BCUT2D eigenvalue weighted by molar-refractivity contribution is 9.09. The number of carbonyl (C=O) groups excluding carboxylic acids is 3. The number of nitrogens with one attached hydrogen (secondary N) is 2. The van der Waals surface area contributed by atoms with Crippen molar-refractivity contribution in [3.8, 4) is 0 Å². The summed E-state index contributed by atoms with van der Waals surface area (Å²) < 4.78 is 6.44. The monoisotopic (exact) mass is 575 g/mol. The number of halogens is 2. The molecule has 2 aromatic rings. The van der Waals surface area contributed by atoms with Crippen LogP contribution in [0.2, 0.25) is 5.02 Å².